The molecule has 0 bridgehead atoms. The Bertz CT molecular complexity index is 430. The number of rotatable bonds is 5. The minimum atomic E-state index is -4.94. The van der Waals surface area contributed by atoms with Gasteiger partial charge in [0.25, 0.3) is 0 Å². The Morgan fingerprint density at radius 3 is 2.52 bits per heavy atom. The summed E-state index contributed by atoms with van der Waals surface area (Å²) in [7, 11) is 0. The maximum atomic E-state index is 12.5. The SMILES string of the molecule is CCN1CCOC(COc2ccc([B-](F)(F)F)cc2)C1.[K+]. The van der Waals surface area contributed by atoms with Gasteiger partial charge in [-0.05, 0) is 18.7 Å². The Morgan fingerprint density at radius 2 is 1.95 bits per heavy atom. The normalized spacial score (nSPS) is 19.9. The van der Waals surface area contributed by atoms with Gasteiger partial charge in [-0.1, -0.05) is 19.1 Å². The van der Waals surface area contributed by atoms with Crippen molar-refractivity contribution in [1.82, 2.24) is 4.90 Å². The van der Waals surface area contributed by atoms with Gasteiger partial charge >= 0.3 is 58.4 Å². The van der Waals surface area contributed by atoms with Gasteiger partial charge in [0.05, 0.1) is 6.61 Å². The zero-order valence-electron chi connectivity index (χ0n) is 12.4. The summed E-state index contributed by atoms with van der Waals surface area (Å²) in [6.07, 6.45) is -0.0322. The van der Waals surface area contributed by atoms with E-state index in [2.05, 4.69) is 11.8 Å². The summed E-state index contributed by atoms with van der Waals surface area (Å²) < 4.78 is 48.5. The molecule has 1 aromatic carbocycles. The molecule has 1 aliphatic rings. The molecule has 0 spiro atoms. The van der Waals surface area contributed by atoms with Crippen molar-refractivity contribution < 1.29 is 73.8 Å². The van der Waals surface area contributed by atoms with Crippen molar-refractivity contribution in [2.45, 2.75) is 13.0 Å². The smallest absolute Gasteiger partial charge is 0.491 e. The van der Waals surface area contributed by atoms with E-state index in [-0.39, 0.29) is 57.5 Å². The molecule has 2 rings (SSSR count). The van der Waals surface area contributed by atoms with Gasteiger partial charge < -0.3 is 22.4 Å². The molecule has 0 aliphatic carbocycles. The van der Waals surface area contributed by atoms with Crippen LogP contribution in [0.3, 0.4) is 0 Å². The summed E-state index contributed by atoms with van der Waals surface area (Å²) in [6.45, 7) is 0.824. The zero-order chi connectivity index (χ0) is 14.6. The van der Waals surface area contributed by atoms with Crippen LogP contribution in [0.4, 0.5) is 12.9 Å². The van der Waals surface area contributed by atoms with E-state index in [1.807, 2.05) is 0 Å². The summed E-state index contributed by atoms with van der Waals surface area (Å²) >= 11 is 0. The van der Waals surface area contributed by atoms with Gasteiger partial charge in [0, 0.05) is 13.1 Å². The molecule has 0 aromatic heterocycles. The molecule has 1 aromatic rings. The number of morpholine rings is 1. The van der Waals surface area contributed by atoms with E-state index in [1.165, 1.54) is 12.1 Å². The van der Waals surface area contributed by atoms with Gasteiger partial charge in [0.2, 0.25) is 0 Å². The average molecular weight is 327 g/mol. The van der Waals surface area contributed by atoms with Crippen molar-refractivity contribution in [2.75, 3.05) is 32.8 Å². The Morgan fingerprint density at radius 1 is 1.29 bits per heavy atom. The van der Waals surface area contributed by atoms with Gasteiger partial charge in [0.1, 0.15) is 18.5 Å². The maximum absolute atomic E-state index is 12.5. The molecule has 0 amide bonds. The number of likely N-dealkylation sites (N-methyl/N-ethyl adjacent to an activating group) is 1. The van der Waals surface area contributed by atoms with Crippen LogP contribution in [0.15, 0.2) is 24.3 Å². The number of halogens is 3. The zero-order valence-corrected chi connectivity index (χ0v) is 15.5. The quantitative estimate of drug-likeness (QED) is 0.637. The second kappa shape index (κ2) is 8.91. The molecular formula is C13H18BF3KNO2. The van der Waals surface area contributed by atoms with E-state index < -0.39 is 12.4 Å². The summed E-state index contributed by atoms with van der Waals surface area (Å²) in [6, 6.07) is 4.81. The molecule has 112 valence electrons. The van der Waals surface area contributed by atoms with Crippen molar-refractivity contribution >= 4 is 12.4 Å². The van der Waals surface area contributed by atoms with Crippen molar-refractivity contribution in [3.05, 3.63) is 24.3 Å². The maximum Gasteiger partial charge on any atom is 1.00 e. The van der Waals surface area contributed by atoms with Crippen LogP contribution in [0, 0.1) is 0 Å². The first kappa shape index (κ1) is 19.5. The molecule has 3 nitrogen and oxygen atoms in total. The largest absolute Gasteiger partial charge is 1.00 e. The molecule has 1 fully saturated rings. The molecule has 0 N–H and O–H groups in total. The second-order valence-electron chi connectivity index (χ2n) is 4.84. The second-order valence-corrected chi connectivity index (χ2v) is 4.84. The van der Waals surface area contributed by atoms with Crippen LogP contribution >= 0.6 is 0 Å². The van der Waals surface area contributed by atoms with E-state index in [4.69, 9.17) is 9.47 Å². The van der Waals surface area contributed by atoms with Crippen molar-refractivity contribution in [3.63, 3.8) is 0 Å². The predicted octanol–water partition coefficient (Wildman–Crippen LogP) is -1.16. The Kier molecular flexibility index (Phi) is 8.26. The first-order chi connectivity index (χ1) is 9.49. The summed E-state index contributed by atoms with van der Waals surface area (Å²) in [4.78, 5) is 2.26. The van der Waals surface area contributed by atoms with E-state index in [1.54, 1.807) is 0 Å². The number of hydrogen-bond donors (Lipinski definition) is 0. The van der Waals surface area contributed by atoms with Gasteiger partial charge in [-0.15, -0.1) is 5.46 Å². The van der Waals surface area contributed by atoms with Crippen LogP contribution < -0.4 is 61.6 Å². The minimum Gasteiger partial charge on any atom is -0.491 e. The first-order valence-corrected chi connectivity index (χ1v) is 6.75. The van der Waals surface area contributed by atoms with Crippen LogP contribution in [0.5, 0.6) is 5.75 Å². The third-order valence-corrected chi connectivity index (χ3v) is 3.36. The monoisotopic (exact) mass is 327 g/mol. The van der Waals surface area contributed by atoms with E-state index in [0.29, 0.717) is 19.0 Å². The molecular weight excluding hydrogens is 309 g/mol. The summed E-state index contributed by atoms with van der Waals surface area (Å²) in [5.74, 6) is 0.436. The van der Waals surface area contributed by atoms with Gasteiger partial charge in [-0.2, -0.15) is 0 Å². The van der Waals surface area contributed by atoms with Crippen LogP contribution in [0.1, 0.15) is 6.92 Å². The molecule has 0 saturated carbocycles. The molecule has 0 radical (unpaired) electrons. The third-order valence-electron chi connectivity index (χ3n) is 3.36. The molecule has 1 unspecified atom stereocenters. The van der Waals surface area contributed by atoms with Gasteiger partial charge in [-0.3, -0.25) is 4.90 Å². The summed E-state index contributed by atoms with van der Waals surface area (Å²) in [5, 5.41) is 0. The predicted molar refractivity (Wildman–Crippen MR) is 72.5 cm³/mol. The molecule has 8 heteroatoms. The Balaban J connectivity index is 0.00000220. The molecule has 1 atom stereocenters. The first-order valence-electron chi connectivity index (χ1n) is 6.75. The third kappa shape index (κ3) is 6.21. The van der Waals surface area contributed by atoms with Crippen molar-refractivity contribution in [3.8, 4) is 5.75 Å². The molecule has 1 saturated heterocycles. The topological polar surface area (TPSA) is 21.7 Å². The fourth-order valence-corrected chi connectivity index (χ4v) is 2.14. The Hall–Kier alpha value is 0.431. The van der Waals surface area contributed by atoms with E-state index in [0.717, 1.165) is 31.8 Å². The van der Waals surface area contributed by atoms with Gasteiger partial charge in [-0.25, -0.2) is 0 Å². The number of benzene rings is 1. The van der Waals surface area contributed by atoms with Crippen LogP contribution in [-0.2, 0) is 4.74 Å². The van der Waals surface area contributed by atoms with E-state index in [9.17, 15) is 12.9 Å². The van der Waals surface area contributed by atoms with Crippen LogP contribution in [-0.4, -0.2) is 50.8 Å². The minimum absolute atomic E-state index is 0. The number of ether oxygens (including phenoxy) is 2. The van der Waals surface area contributed by atoms with E-state index >= 15 is 0 Å². The summed E-state index contributed by atoms with van der Waals surface area (Å²) in [5.41, 5.74) is -0.608. The molecule has 21 heavy (non-hydrogen) atoms. The van der Waals surface area contributed by atoms with Crippen molar-refractivity contribution in [1.29, 1.82) is 0 Å². The van der Waals surface area contributed by atoms with Crippen LogP contribution in [0.2, 0.25) is 0 Å². The Labute approximate surface area is 165 Å². The fourth-order valence-electron chi connectivity index (χ4n) is 2.14. The fraction of sp³-hybridized carbons (Fsp3) is 0.538. The van der Waals surface area contributed by atoms with Crippen LogP contribution in [0.25, 0.3) is 0 Å². The molecule has 1 aliphatic heterocycles. The average Bonchev–Trinajstić information content (AvgIpc) is 2.45. The standard InChI is InChI=1S/C13H18BF3NO2.K/c1-2-18-7-8-19-13(9-18)10-20-12-5-3-11(4-6-12)14(15,16)17;/h3-6,13H,2,7-10H2,1H3;/q-1;+1. The van der Waals surface area contributed by atoms with Crippen molar-refractivity contribution in [2.24, 2.45) is 0 Å². The number of nitrogens with zero attached hydrogens (tertiary/aromatic N) is 1. The van der Waals surface area contributed by atoms with Gasteiger partial charge in [0.15, 0.2) is 0 Å². The molecule has 1 heterocycles. The number of hydrogen-bond acceptors (Lipinski definition) is 3.